The van der Waals surface area contributed by atoms with Gasteiger partial charge in [0.05, 0.1) is 11.5 Å². The van der Waals surface area contributed by atoms with Crippen molar-refractivity contribution in [2.24, 2.45) is 17.8 Å². The Balaban J connectivity index is 1.64. The summed E-state index contributed by atoms with van der Waals surface area (Å²) >= 11 is 0. The number of carbonyl (C=O) groups is 1. The summed E-state index contributed by atoms with van der Waals surface area (Å²) in [5.74, 6) is 0.524. The van der Waals surface area contributed by atoms with Crippen LogP contribution in [0.1, 0.15) is 44.6 Å². The molecule has 0 bridgehead atoms. The van der Waals surface area contributed by atoms with Gasteiger partial charge in [0.15, 0.2) is 0 Å². The van der Waals surface area contributed by atoms with Gasteiger partial charge in [-0.25, -0.2) is 0 Å². The molecular weight excluding hydrogens is 276 g/mol. The minimum Gasteiger partial charge on any atom is -0.458 e. The Labute approximate surface area is 131 Å². The van der Waals surface area contributed by atoms with E-state index < -0.39 is 11.2 Å². The largest absolute Gasteiger partial charge is 0.458 e. The third-order valence-electron chi connectivity index (χ3n) is 6.11. The molecule has 0 unspecified atom stereocenters. The van der Waals surface area contributed by atoms with Crippen LogP contribution in [0.15, 0.2) is 30.3 Å². The molecule has 3 aliphatic rings. The highest BCUT2D eigenvalue weighted by Gasteiger charge is 2.65. The molecule has 1 heterocycles. The zero-order chi connectivity index (χ0) is 15.4. The van der Waals surface area contributed by atoms with E-state index in [1.54, 1.807) is 0 Å². The molecule has 3 fully saturated rings. The van der Waals surface area contributed by atoms with E-state index in [1.165, 1.54) is 5.56 Å². The van der Waals surface area contributed by atoms with Crippen molar-refractivity contribution in [2.45, 2.75) is 56.7 Å². The summed E-state index contributed by atoms with van der Waals surface area (Å²) in [7, 11) is 0. The summed E-state index contributed by atoms with van der Waals surface area (Å²) in [6.07, 6.45) is 5.44. The molecule has 0 radical (unpaired) electrons. The van der Waals surface area contributed by atoms with Gasteiger partial charge >= 0.3 is 5.97 Å². The van der Waals surface area contributed by atoms with Crippen molar-refractivity contribution in [3.8, 4) is 0 Å². The molecule has 2 aliphatic carbocycles. The Kier molecular flexibility index (Phi) is 3.12. The molecule has 1 aromatic carbocycles. The summed E-state index contributed by atoms with van der Waals surface area (Å²) in [4.78, 5) is 12.6. The number of esters is 1. The first kappa shape index (κ1) is 14.3. The van der Waals surface area contributed by atoms with Crippen LogP contribution in [-0.2, 0) is 16.0 Å². The third kappa shape index (κ3) is 2.10. The number of rotatable bonds is 2. The molecule has 5 atom stereocenters. The van der Waals surface area contributed by atoms with Crippen LogP contribution >= 0.6 is 0 Å². The van der Waals surface area contributed by atoms with E-state index in [-0.39, 0.29) is 17.8 Å². The zero-order valence-corrected chi connectivity index (χ0v) is 13.1. The summed E-state index contributed by atoms with van der Waals surface area (Å²) in [6.45, 7) is 1.90. The fourth-order valence-corrected chi connectivity index (χ4v) is 5.38. The van der Waals surface area contributed by atoms with Crippen LogP contribution in [0.5, 0.6) is 0 Å². The number of ether oxygens (including phenoxy) is 1. The Morgan fingerprint density at radius 2 is 2.05 bits per heavy atom. The molecule has 2 saturated carbocycles. The van der Waals surface area contributed by atoms with E-state index in [4.69, 9.17) is 4.74 Å². The highest BCUT2D eigenvalue weighted by Crippen LogP contribution is 2.60. The zero-order valence-electron chi connectivity index (χ0n) is 13.1. The Hall–Kier alpha value is -1.35. The van der Waals surface area contributed by atoms with Crippen LogP contribution in [-0.4, -0.2) is 22.3 Å². The molecule has 22 heavy (non-hydrogen) atoms. The second-order valence-corrected chi connectivity index (χ2v) is 7.78. The number of benzene rings is 1. The first-order valence-corrected chi connectivity index (χ1v) is 8.49. The van der Waals surface area contributed by atoms with E-state index in [0.717, 1.165) is 32.1 Å². The fourth-order valence-electron chi connectivity index (χ4n) is 5.38. The maximum Gasteiger partial charge on any atom is 0.310 e. The van der Waals surface area contributed by atoms with Gasteiger partial charge in [-0.1, -0.05) is 36.8 Å². The third-order valence-corrected chi connectivity index (χ3v) is 6.11. The molecule has 1 spiro atoms. The first-order chi connectivity index (χ1) is 10.5. The van der Waals surface area contributed by atoms with Gasteiger partial charge in [-0.15, -0.1) is 0 Å². The molecule has 3 nitrogen and oxygen atoms in total. The standard InChI is InChI=1S/C19H24O3/c1-18(21)11-14-8-5-9-16-15(10-13-6-3-2-4-7-13)17(20)22-19(14,16)12-18/h2-4,6-7,14-16,21H,5,8-12H2,1H3/t14-,15-,16+,18-,19+/m1/s1. The van der Waals surface area contributed by atoms with Gasteiger partial charge in [-0.2, -0.15) is 0 Å². The summed E-state index contributed by atoms with van der Waals surface area (Å²) in [5, 5.41) is 10.5. The van der Waals surface area contributed by atoms with E-state index in [2.05, 4.69) is 12.1 Å². The second kappa shape index (κ2) is 4.82. The predicted molar refractivity (Wildman–Crippen MR) is 83.1 cm³/mol. The summed E-state index contributed by atoms with van der Waals surface area (Å²) in [5.41, 5.74) is 0.126. The molecule has 0 aromatic heterocycles. The van der Waals surface area contributed by atoms with Gasteiger partial charge in [-0.3, -0.25) is 4.79 Å². The van der Waals surface area contributed by atoms with Crippen molar-refractivity contribution in [3.05, 3.63) is 35.9 Å². The topological polar surface area (TPSA) is 46.5 Å². The van der Waals surface area contributed by atoms with Crippen molar-refractivity contribution in [1.29, 1.82) is 0 Å². The molecule has 1 saturated heterocycles. The summed E-state index contributed by atoms with van der Waals surface area (Å²) in [6, 6.07) is 10.2. The Bertz CT molecular complexity index is 580. The average molecular weight is 300 g/mol. The molecule has 1 aromatic rings. The van der Waals surface area contributed by atoms with Crippen molar-refractivity contribution < 1.29 is 14.6 Å². The van der Waals surface area contributed by atoms with Crippen molar-refractivity contribution in [1.82, 2.24) is 0 Å². The highest BCUT2D eigenvalue weighted by molar-refractivity contribution is 5.77. The van der Waals surface area contributed by atoms with Gasteiger partial charge in [0, 0.05) is 18.3 Å². The first-order valence-electron chi connectivity index (χ1n) is 8.49. The monoisotopic (exact) mass is 300 g/mol. The minimum absolute atomic E-state index is 0.0425. The molecule has 3 heteroatoms. The average Bonchev–Trinajstić information content (AvgIpc) is 2.89. The van der Waals surface area contributed by atoms with Gasteiger partial charge in [-0.05, 0) is 38.2 Å². The Morgan fingerprint density at radius 3 is 2.82 bits per heavy atom. The molecular formula is C19H24O3. The van der Waals surface area contributed by atoms with Crippen LogP contribution in [0.4, 0.5) is 0 Å². The number of hydrogen-bond acceptors (Lipinski definition) is 3. The number of carbonyl (C=O) groups excluding carboxylic acids is 1. The van der Waals surface area contributed by atoms with Crippen LogP contribution in [0, 0.1) is 17.8 Å². The number of hydrogen-bond donors (Lipinski definition) is 1. The summed E-state index contributed by atoms with van der Waals surface area (Å²) < 4.78 is 6.00. The molecule has 0 amide bonds. The fraction of sp³-hybridized carbons (Fsp3) is 0.632. The predicted octanol–water partition coefficient (Wildman–Crippen LogP) is 3.10. The van der Waals surface area contributed by atoms with Crippen molar-refractivity contribution >= 4 is 5.97 Å². The van der Waals surface area contributed by atoms with E-state index in [9.17, 15) is 9.90 Å². The van der Waals surface area contributed by atoms with Gasteiger partial charge < -0.3 is 9.84 Å². The molecule has 1 N–H and O–H groups in total. The lowest BCUT2D eigenvalue weighted by Gasteiger charge is -2.40. The van der Waals surface area contributed by atoms with E-state index in [0.29, 0.717) is 12.3 Å². The van der Waals surface area contributed by atoms with Crippen molar-refractivity contribution in [3.63, 3.8) is 0 Å². The van der Waals surface area contributed by atoms with Gasteiger partial charge in [0.25, 0.3) is 0 Å². The lowest BCUT2D eigenvalue weighted by Crippen LogP contribution is -2.44. The lowest BCUT2D eigenvalue weighted by atomic mass is 9.66. The van der Waals surface area contributed by atoms with Crippen LogP contribution in [0.3, 0.4) is 0 Å². The molecule has 1 aliphatic heterocycles. The quantitative estimate of drug-likeness (QED) is 0.854. The Morgan fingerprint density at radius 1 is 1.27 bits per heavy atom. The molecule has 4 rings (SSSR count). The minimum atomic E-state index is -0.685. The molecule has 118 valence electrons. The lowest BCUT2D eigenvalue weighted by molar-refractivity contribution is -0.156. The maximum absolute atomic E-state index is 12.6. The van der Waals surface area contributed by atoms with Gasteiger partial charge in [0.1, 0.15) is 5.60 Å². The maximum atomic E-state index is 12.6. The highest BCUT2D eigenvalue weighted by atomic mass is 16.6. The van der Waals surface area contributed by atoms with Crippen LogP contribution < -0.4 is 0 Å². The normalized spacial score (nSPS) is 43.5. The van der Waals surface area contributed by atoms with E-state index in [1.807, 2.05) is 25.1 Å². The number of aliphatic hydroxyl groups is 1. The second-order valence-electron chi connectivity index (χ2n) is 7.78. The smallest absolute Gasteiger partial charge is 0.310 e. The van der Waals surface area contributed by atoms with Crippen LogP contribution in [0.25, 0.3) is 0 Å². The SMILES string of the molecule is C[C@@]1(O)C[C@H]2CCC[C@H]3[C@@H](Cc4ccccc4)C(=O)O[C@@]23C1. The van der Waals surface area contributed by atoms with Crippen LogP contribution in [0.2, 0.25) is 0 Å². The van der Waals surface area contributed by atoms with E-state index >= 15 is 0 Å². The van der Waals surface area contributed by atoms with Gasteiger partial charge in [0.2, 0.25) is 0 Å². The van der Waals surface area contributed by atoms with Crippen molar-refractivity contribution in [2.75, 3.05) is 0 Å².